The lowest BCUT2D eigenvalue weighted by Gasteiger charge is -2.47. The van der Waals surface area contributed by atoms with Gasteiger partial charge in [0.25, 0.3) is 0 Å². The lowest BCUT2D eigenvalue weighted by Crippen LogP contribution is -2.68. The third-order valence-corrected chi connectivity index (χ3v) is 4.26. The summed E-state index contributed by atoms with van der Waals surface area (Å²) in [6.45, 7) is 3.65. The number of hydrogen-bond donors (Lipinski definition) is 1. The van der Waals surface area contributed by atoms with E-state index in [0.717, 1.165) is 25.9 Å². The van der Waals surface area contributed by atoms with Crippen molar-refractivity contribution >= 4 is 5.91 Å². The molecule has 0 aromatic heterocycles. The van der Waals surface area contributed by atoms with Gasteiger partial charge in [-0.3, -0.25) is 4.79 Å². The number of hydrogen-bond acceptors (Lipinski definition) is 2. The Balaban J connectivity index is 1.73. The third-order valence-electron chi connectivity index (χ3n) is 4.26. The lowest BCUT2D eigenvalue weighted by atomic mass is 9.84. The van der Waals surface area contributed by atoms with E-state index in [-0.39, 0.29) is 5.54 Å². The molecule has 3 nitrogen and oxygen atoms in total. The zero-order chi connectivity index (χ0) is 11.6. The minimum absolute atomic E-state index is 0.0811. The number of likely N-dealkylation sites (tertiary alicyclic amines) is 1. The van der Waals surface area contributed by atoms with E-state index in [2.05, 4.69) is 6.92 Å². The van der Waals surface area contributed by atoms with Crippen molar-refractivity contribution in [2.75, 3.05) is 13.1 Å². The molecule has 0 spiro atoms. The molecule has 1 amide bonds. The van der Waals surface area contributed by atoms with E-state index in [0.29, 0.717) is 11.8 Å². The number of carbonyl (C=O) groups is 1. The lowest BCUT2D eigenvalue weighted by molar-refractivity contribution is -0.140. The van der Waals surface area contributed by atoms with Gasteiger partial charge in [-0.2, -0.15) is 0 Å². The Hall–Kier alpha value is -0.570. The topological polar surface area (TPSA) is 46.3 Å². The first-order valence-corrected chi connectivity index (χ1v) is 6.69. The van der Waals surface area contributed by atoms with Gasteiger partial charge in [0, 0.05) is 19.5 Å². The monoisotopic (exact) mass is 224 g/mol. The minimum atomic E-state index is -0.0811. The summed E-state index contributed by atoms with van der Waals surface area (Å²) in [6.07, 6.45) is 8.22. The zero-order valence-electron chi connectivity index (χ0n) is 10.4. The average Bonchev–Trinajstić information content (AvgIpc) is 2.26. The highest BCUT2D eigenvalue weighted by atomic mass is 16.2. The van der Waals surface area contributed by atoms with E-state index in [4.69, 9.17) is 5.73 Å². The summed E-state index contributed by atoms with van der Waals surface area (Å²) in [4.78, 5) is 13.9. The van der Waals surface area contributed by atoms with Crippen LogP contribution in [-0.4, -0.2) is 29.4 Å². The van der Waals surface area contributed by atoms with Gasteiger partial charge in [-0.1, -0.05) is 26.2 Å². The first-order chi connectivity index (χ1) is 7.63. The van der Waals surface area contributed by atoms with Crippen LogP contribution in [0.1, 0.15) is 51.9 Å². The van der Waals surface area contributed by atoms with Gasteiger partial charge in [0.15, 0.2) is 0 Å². The molecule has 0 atom stereocenters. The zero-order valence-corrected chi connectivity index (χ0v) is 10.4. The van der Waals surface area contributed by atoms with Crippen LogP contribution in [0.25, 0.3) is 0 Å². The molecule has 3 heteroatoms. The Morgan fingerprint density at radius 1 is 1.31 bits per heavy atom. The first kappa shape index (κ1) is 11.9. The van der Waals surface area contributed by atoms with Crippen molar-refractivity contribution in [3.8, 4) is 0 Å². The van der Waals surface area contributed by atoms with Gasteiger partial charge in [-0.05, 0) is 25.2 Å². The van der Waals surface area contributed by atoms with Crippen LogP contribution in [0.2, 0.25) is 0 Å². The summed E-state index contributed by atoms with van der Waals surface area (Å²) in [7, 11) is 0. The summed E-state index contributed by atoms with van der Waals surface area (Å²) in [6, 6.07) is 0. The number of nitrogens with zero attached hydrogens (tertiary/aromatic N) is 1. The largest absolute Gasteiger partial charge is 0.339 e. The molecule has 1 saturated carbocycles. The molecule has 1 aliphatic heterocycles. The standard InChI is InChI=1S/C13H24N2O/c1-2-13(14)9-15(10-13)12(16)8-11-6-4-3-5-7-11/h11H,2-10,14H2,1H3. The van der Waals surface area contributed by atoms with E-state index < -0.39 is 0 Å². The van der Waals surface area contributed by atoms with Crippen molar-refractivity contribution in [1.82, 2.24) is 4.90 Å². The molecule has 2 aliphatic rings. The van der Waals surface area contributed by atoms with Crippen LogP contribution in [0.4, 0.5) is 0 Å². The molecular weight excluding hydrogens is 200 g/mol. The van der Waals surface area contributed by atoms with Crippen LogP contribution in [-0.2, 0) is 4.79 Å². The molecule has 2 rings (SSSR count). The van der Waals surface area contributed by atoms with Crippen molar-refractivity contribution in [3.05, 3.63) is 0 Å². The SMILES string of the molecule is CCC1(N)CN(C(=O)CC2CCCCC2)C1. The molecule has 92 valence electrons. The van der Waals surface area contributed by atoms with Crippen molar-refractivity contribution < 1.29 is 4.79 Å². The predicted molar refractivity (Wildman–Crippen MR) is 65.0 cm³/mol. The van der Waals surface area contributed by atoms with E-state index in [1.165, 1.54) is 32.1 Å². The molecule has 16 heavy (non-hydrogen) atoms. The molecule has 0 aromatic carbocycles. The summed E-state index contributed by atoms with van der Waals surface area (Å²) < 4.78 is 0. The summed E-state index contributed by atoms with van der Waals surface area (Å²) >= 11 is 0. The van der Waals surface area contributed by atoms with Crippen LogP contribution in [0, 0.1) is 5.92 Å². The van der Waals surface area contributed by atoms with E-state index in [9.17, 15) is 4.79 Å². The predicted octanol–water partition coefficient (Wildman–Crippen LogP) is 1.91. The second-order valence-electron chi connectivity index (χ2n) is 5.67. The molecule has 0 bridgehead atoms. The van der Waals surface area contributed by atoms with E-state index >= 15 is 0 Å². The Bertz CT molecular complexity index is 253. The minimum Gasteiger partial charge on any atom is -0.339 e. The molecule has 1 saturated heterocycles. The highest BCUT2D eigenvalue weighted by molar-refractivity contribution is 5.77. The Labute approximate surface area is 98.4 Å². The number of rotatable bonds is 3. The maximum absolute atomic E-state index is 12.0. The van der Waals surface area contributed by atoms with Crippen LogP contribution < -0.4 is 5.73 Å². The summed E-state index contributed by atoms with van der Waals surface area (Å²) in [5, 5.41) is 0. The van der Waals surface area contributed by atoms with Crippen LogP contribution in [0.15, 0.2) is 0 Å². The highest BCUT2D eigenvalue weighted by Gasteiger charge is 2.40. The fourth-order valence-electron chi connectivity index (χ4n) is 2.88. The van der Waals surface area contributed by atoms with Crippen LogP contribution in [0.5, 0.6) is 0 Å². The van der Waals surface area contributed by atoms with Crippen molar-refractivity contribution in [2.24, 2.45) is 11.7 Å². The Morgan fingerprint density at radius 3 is 2.50 bits per heavy atom. The average molecular weight is 224 g/mol. The van der Waals surface area contributed by atoms with Crippen LogP contribution >= 0.6 is 0 Å². The summed E-state index contributed by atoms with van der Waals surface area (Å²) in [5.74, 6) is 0.983. The molecule has 2 fully saturated rings. The normalized spacial score (nSPS) is 25.2. The van der Waals surface area contributed by atoms with Gasteiger partial charge in [-0.25, -0.2) is 0 Å². The molecule has 2 N–H and O–H groups in total. The highest BCUT2D eigenvalue weighted by Crippen LogP contribution is 2.29. The number of amides is 1. The molecule has 0 unspecified atom stereocenters. The van der Waals surface area contributed by atoms with Gasteiger partial charge in [0.05, 0.1) is 5.54 Å². The van der Waals surface area contributed by atoms with Crippen molar-refractivity contribution in [1.29, 1.82) is 0 Å². The third kappa shape index (κ3) is 2.57. The quantitative estimate of drug-likeness (QED) is 0.796. The fraction of sp³-hybridized carbons (Fsp3) is 0.923. The van der Waals surface area contributed by atoms with Gasteiger partial charge in [0.1, 0.15) is 0 Å². The summed E-state index contributed by atoms with van der Waals surface area (Å²) in [5.41, 5.74) is 5.99. The smallest absolute Gasteiger partial charge is 0.222 e. The molecule has 1 aliphatic carbocycles. The fourth-order valence-corrected chi connectivity index (χ4v) is 2.88. The molecular formula is C13H24N2O. The van der Waals surface area contributed by atoms with Crippen molar-refractivity contribution in [3.63, 3.8) is 0 Å². The second kappa shape index (κ2) is 4.74. The molecule has 1 heterocycles. The Kier molecular flexibility index (Phi) is 3.53. The van der Waals surface area contributed by atoms with Gasteiger partial charge in [-0.15, -0.1) is 0 Å². The first-order valence-electron chi connectivity index (χ1n) is 6.69. The van der Waals surface area contributed by atoms with Gasteiger partial charge < -0.3 is 10.6 Å². The second-order valence-corrected chi connectivity index (χ2v) is 5.67. The van der Waals surface area contributed by atoms with E-state index in [1.807, 2.05) is 4.90 Å². The van der Waals surface area contributed by atoms with E-state index in [1.54, 1.807) is 0 Å². The van der Waals surface area contributed by atoms with Crippen LogP contribution in [0.3, 0.4) is 0 Å². The maximum atomic E-state index is 12.0. The van der Waals surface area contributed by atoms with Gasteiger partial charge in [0.2, 0.25) is 5.91 Å². The molecule has 0 radical (unpaired) electrons. The van der Waals surface area contributed by atoms with Crippen molar-refractivity contribution in [2.45, 2.75) is 57.4 Å². The Morgan fingerprint density at radius 2 is 1.94 bits per heavy atom. The van der Waals surface area contributed by atoms with Gasteiger partial charge >= 0.3 is 0 Å². The maximum Gasteiger partial charge on any atom is 0.222 e. The number of nitrogens with two attached hydrogens (primary N) is 1. The number of carbonyl (C=O) groups excluding carboxylic acids is 1. The molecule has 0 aromatic rings.